The fourth-order valence-electron chi connectivity index (χ4n) is 3.26. The highest BCUT2D eigenvalue weighted by atomic mass is 16.5. The van der Waals surface area contributed by atoms with Crippen LogP contribution < -0.4 is 10.1 Å². The number of likely N-dealkylation sites (tertiary alicyclic amines) is 1. The molecule has 8 heteroatoms. The summed E-state index contributed by atoms with van der Waals surface area (Å²) in [5, 5.41) is 2.71. The minimum atomic E-state index is -0.130. The number of carbonyl (C=O) groups excluding carboxylic acids is 2. The summed E-state index contributed by atoms with van der Waals surface area (Å²) in [5.74, 6) is 0.929. The number of aromatic nitrogens is 2. The molecule has 1 fully saturated rings. The topological polar surface area (TPSA) is 93.7 Å². The fraction of sp³-hybridized carbons (Fsp3) is 0.400. The lowest BCUT2D eigenvalue weighted by atomic mass is 9.94. The number of nitrogens with one attached hydrogen (secondary N) is 1. The Hall–Kier alpha value is -3.00. The van der Waals surface area contributed by atoms with Crippen LogP contribution in [0.4, 0.5) is 5.69 Å². The molecule has 8 nitrogen and oxygen atoms in total. The molecule has 0 aliphatic carbocycles. The number of ether oxygens (including phenoxy) is 2. The first-order chi connectivity index (χ1) is 13.6. The van der Waals surface area contributed by atoms with Gasteiger partial charge in [0.1, 0.15) is 18.1 Å². The predicted octanol–water partition coefficient (Wildman–Crippen LogP) is 2.58. The third-order valence-corrected chi connectivity index (χ3v) is 4.51. The van der Waals surface area contributed by atoms with Crippen LogP contribution in [0.3, 0.4) is 0 Å². The van der Waals surface area contributed by atoms with E-state index in [1.54, 1.807) is 41.6 Å². The van der Waals surface area contributed by atoms with Crippen LogP contribution in [0.15, 0.2) is 36.7 Å². The van der Waals surface area contributed by atoms with Crippen LogP contribution in [-0.2, 0) is 14.3 Å². The molecule has 0 radical (unpaired) electrons. The van der Waals surface area contributed by atoms with Crippen LogP contribution in [0.25, 0.3) is 0 Å². The number of amides is 2. The number of piperidine rings is 1. The summed E-state index contributed by atoms with van der Waals surface area (Å²) in [6, 6.07) is 7.05. The first-order valence-corrected chi connectivity index (χ1v) is 9.20. The van der Waals surface area contributed by atoms with E-state index in [1.165, 1.54) is 14.0 Å². The molecular formula is C20H24N4O4. The van der Waals surface area contributed by atoms with Gasteiger partial charge in [-0.3, -0.25) is 14.6 Å². The number of anilines is 1. The molecular weight excluding hydrogens is 360 g/mol. The lowest BCUT2D eigenvalue weighted by Crippen LogP contribution is -2.41. The average Bonchev–Trinajstić information content (AvgIpc) is 2.70. The van der Waals surface area contributed by atoms with Crippen LogP contribution in [-0.4, -0.2) is 53.5 Å². The van der Waals surface area contributed by atoms with E-state index in [4.69, 9.17) is 9.47 Å². The molecule has 1 atom stereocenters. The van der Waals surface area contributed by atoms with E-state index in [9.17, 15) is 9.59 Å². The van der Waals surface area contributed by atoms with E-state index < -0.39 is 0 Å². The van der Waals surface area contributed by atoms with Crippen molar-refractivity contribution in [1.82, 2.24) is 14.9 Å². The first kappa shape index (κ1) is 19.8. The zero-order chi connectivity index (χ0) is 19.9. The lowest BCUT2D eigenvalue weighted by Gasteiger charge is -2.32. The molecule has 2 heterocycles. The number of nitrogens with zero attached hydrogens (tertiary/aromatic N) is 3. The molecule has 3 rings (SSSR count). The molecule has 0 spiro atoms. The lowest BCUT2D eigenvalue weighted by molar-refractivity contribution is -0.136. The van der Waals surface area contributed by atoms with Gasteiger partial charge in [0.15, 0.2) is 0 Å². The van der Waals surface area contributed by atoms with Crippen molar-refractivity contribution in [3.8, 4) is 11.6 Å². The maximum absolute atomic E-state index is 12.2. The Labute approximate surface area is 163 Å². The van der Waals surface area contributed by atoms with Gasteiger partial charge in [0, 0.05) is 51.1 Å². The Balaban J connectivity index is 1.74. The van der Waals surface area contributed by atoms with Gasteiger partial charge in [0.05, 0.1) is 0 Å². The van der Waals surface area contributed by atoms with E-state index in [0.29, 0.717) is 23.9 Å². The summed E-state index contributed by atoms with van der Waals surface area (Å²) in [5.41, 5.74) is 1.43. The third-order valence-electron chi connectivity index (χ3n) is 4.51. The number of benzene rings is 1. The molecule has 1 aromatic carbocycles. The number of hydrogen-bond donors (Lipinski definition) is 1. The van der Waals surface area contributed by atoms with Crippen molar-refractivity contribution >= 4 is 17.5 Å². The Morgan fingerprint density at radius 1 is 1.21 bits per heavy atom. The van der Waals surface area contributed by atoms with E-state index in [0.717, 1.165) is 25.1 Å². The van der Waals surface area contributed by atoms with Crippen LogP contribution in [0.2, 0.25) is 0 Å². The van der Waals surface area contributed by atoms with E-state index in [-0.39, 0.29) is 24.3 Å². The smallest absolute Gasteiger partial charge is 0.248 e. The van der Waals surface area contributed by atoms with Gasteiger partial charge in [0.25, 0.3) is 0 Å². The zero-order valence-electron chi connectivity index (χ0n) is 16.1. The maximum atomic E-state index is 12.2. The minimum absolute atomic E-state index is 0.0212. The quantitative estimate of drug-likeness (QED) is 0.823. The molecule has 1 aromatic heterocycles. The van der Waals surface area contributed by atoms with Gasteiger partial charge in [-0.05, 0) is 37.1 Å². The molecule has 148 valence electrons. The molecule has 1 N–H and O–H groups in total. The molecule has 1 saturated heterocycles. The Kier molecular flexibility index (Phi) is 6.54. The summed E-state index contributed by atoms with van der Waals surface area (Å²) < 4.78 is 10.9. The van der Waals surface area contributed by atoms with Crippen molar-refractivity contribution in [3.05, 3.63) is 42.4 Å². The number of hydrogen-bond acceptors (Lipinski definition) is 6. The van der Waals surface area contributed by atoms with E-state index in [2.05, 4.69) is 15.3 Å². The van der Waals surface area contributed by atoms with Crippen molar-refractivity contribution in [2.75, 3.05) is 32.1 Å². The molecule has 0 bridgehead atoms. The molecule has 2 aromatic rings. The maximum Gasteiger partial charge on any atom is 0.248 e. The van der Waals surface area contributed by atoms with Gasteiger partial charge in [-0.25, -0.2) is 4.98 Å². The second kappa shape index (κ2) is 9.27. The monoisotopic (exact) mass is 384 g/mol. The third kappa shape index (κ3) is 5.04. The summed E-state index contributed by atoms with van der Waals surface area (Å²) in [7, 11) is 1.52. The van der Waals surface area contributed by atoms with Gasteiger partial charge in [-0.2, -0.15) is 0 Å². The summed E-state index contributed by atoms with van der Waals surface area (Å²) in [6.07, 6.45) is 5.02. The van der Waals surface area contributed by atoms with Crippen LogP contribution in [0, 0.1) is 0 Å². The fourth-order valence-corrected chi connectivity index (χ4v) is 3.26. The molecule has 2 amide bonds. The van der Waals surface area contributed by atoms with Crippen molar-refractivity contribution in [2.24, 2.45) is 0 Å². The second-order valence-corrected chi connectivity index (χ2v) is 6.67. The standard InChI is InChI=1S/C20H24N4O4/c1-14(25)23-16-5-7-17(8-6-16)28-20-19(21-9-10-22-20)15-4-3-11-24(12-15)18(26)13-27-2/h5-10,15H,3-4,11-13H2,1-2H3,(H,23,25)/t15-/m1/s1. The highest BCUT2D eigenvalue weighted by molar-refractivity contribution is 5.88. The van der Waals surface area contributed by atoms with Gasteiger partial charge < -0.3 is 19.7 Å². The van der Waals surface area contributed by atoms with Gasteiger partial charge >= 0.3 is 0 Å². The summed E-state index contributed by atoms with van der Waals surface area (Å²) >= 11 is 0. The van der Waals surface area contributed by atoms with Crippen LogP contribution in [0.5, 0.6) is 11.6 Å². The number of carbonyl (C=O) groups is 2. The molecule has 1 aliphatic rings. The van der Waals surface area contributed by atoms with Crippen LogP contribution >= 0.6 is 0 Å². The molecule has 0 unspecified atom stereocenters. The first-order valence-electron chi connectivity index (χ1n) is 9.20. The highest BCUT2D eigenvalue weighted by Crippen LogP contribution is 2.32. The normalized spacial score (nSPS) is 16.5. The van der Waals surface area contributed by atoms with Gasteiger partial charge in [-0.15, -0.1) is 0 Å². The van der Waals surface area contributed by atoms with Crippen molar-refractivity contribution in [2.45, 2.75) is 25.7 Å². The SMILES string of the molecule is COCC(=O)N1CCC[C@@H](c2nccnc2Oc2ccc(NC(C)=O)cc2)C1. The van der Waals surface area contributed by atoms with E-state index >= 15 is 0 Å². The van der Waals surface area contributed by atoms with Crippen LogP contribution in [0.1, 0.15) is 31.4 Å². The molecule has 1 aliphatic heterocycles. The van der Waals surface area contributed by atoms with Gasteiger partial charge in [0.2, 0.25) is 17.7 Å². The van der Waals surface area contributed by atoms with Crippen molar-refractivity contribution in [1.29, 1.82) is 0 Å². The Morgan fingerprint density at radius 2 is 1.96 bits per heavy atom. The largest absolute Gasteiger partial charge is 0.437 e. The predicted molar refractivity (Wildman–Crippen MR) is 103 cm³/mol. The minimum Gasteiger partial charge on any atom is -0.437 e. The number of methoxy groups -OCH3 is 1. The number of rotatable bonds is 6. The Bertz CT molecular complexity index is 825. The molecule has 28 heavy (non-hydrogen) atoms. The second-order valence-electron chi connectivity index (χ2n) is 6.67. The van der Waals surface area contributed by atoms with Crippen molar-refractivity contribution < 1.29 is 19.1 Å². The van der Waals surface area contributed by atoms with E-state index in [1.807, 2.05) is 0 Å². The Morgan fingerprint density at radius 3 is 2.68 bits per heavy atom. The zero-order valence-corrected chi connectivity index (χ0v) is 16.1. The highest BCUT2D eigenvalue weighted by Gasteiger charge is 2.28. The molecule has 0 saturated carbocycles. The average molecular weight is 384 g/mol. The summed E-state index contributed by atoms with van der Waals surface area (Å²) in [6.45, 7) is 2.83. The van der Waals surface area contributed by atoms with Crippen molar-refractivity contribution in [3.63, 3.8) is 0 Å². The summed E-state index contributed by atoms with van der Waals surface area (Å²) in [4.78, 5) is 33.9. The van der Waals surface area contributed by atoms with Gasteiger partial charge in [-0.1, -0.05) is 0 Å².